The maximum absolute atomic E-state index is 9.58. The summed E-state index contributed by atoms with van der Waals surface area (Å²) in [5, 5.41) is 5.54. The van der Waals surface area contributed by atoms with Crippen molar-refractivity contribution < 1.29 is 45.2 Å². The quantitative estimate of drug-likeness (QED) is 0.153. The van der Waals surface area contributed by atoms with Crippen molar-refractivity contribution in [2.75, 3.05) is 0 Å². The van der Waals surface area contributed by atoms with Gasteiger partial charge in [-0.05, 0) is 11.8 Å². The first kappa shape index (κ1) is 34.6. The van der Waals surface area contributed by atoms with Gasteiger partial charge in [0.2, 0.25) is 0 Å². The van der Waals surface area contributed by atoms with Gasteiger partial charge in [-0.1, -0.05) is 51.0 Å². The van der Waals surface area contributed by atoms with Gasteiger partial charge in [-0.15, -0.1) is 57.9 Å². The Bertz CT molecular complexity index is 1040. The fourth-order valence-corrected chi connectivity index (χ4v) is 3.38. The predicted octanol–water partition coefficient (Wildman–Crippen LogP) is 11.4. The topological polar surface area (TPSA) is 0 Å². The van der Waals surface area contributed by atoms with Crippen molar-refractivity contribution in [3.63, 3.8) is 0 Å². The molecule has 200 valence electrons. The summed E-state index contributed by atoms with van der Waals surface area (Å²) >= 11 is -1.85. The first-order valence-corrected chi connectivity index (χ1v) is 18.8. The molecule has 0 aliphatic carbocycles. The molecule has 0 atom stereocenters. The summed E-state index contributed by atoms with van der Waals surface area (Å²) in [5.41, 5.74) is 2.91. The third-order valence-electron chi connectivity index (χ3n) is 4.67. The molecule has 0 aliphatic rings. The number of fused-ring (bicyclic) bond motifs is 2. The van der Waals surface area contributed by atoms with E-state index < -0.39 is 32.2 Å². The van der Waals surface area contributed by atoms with Crippen molar-refractivity contribution in [1.29, 1.82) is 0 Å². The fourth-order valence-electron chi connectivity index (χ4n) is 3.38. The molecule has 0 bridgehead atoms. The third kappa shape index (κ3) is 15.0. The van der Waals surface area contributed by atoms with Gasteiger partial charge < -0.3 is 26.3 Å². The Labute approximate surface area is 223 Å². The van der Waals surface area contributed by atoms with Gasteiger partial charge in [0.05, 0.1) is 0 Å². The predicted molar refractivity (Wildman–Crippen MR) is 139 cm³/mol. The van der Waals surface area contributed by atoms with E-state index in [1.165, 1.54) is 32.7 Å². The molecule has 0 saturated heterocycles. The molecular formula is C27H28Cl2F6Zr-4. The van der Waals surface area contributed by atoms with Crippen molar-refractivity contribution in [2.45, 2.75) is 39.5 Å². The van der Waals surface area contributed by atoms with E-state index in [1.807, 2.05) is 0 Å². The van der Waals surface area contributed by atoms with E-state index in [9.17, 15) is 26.3 Å². The van der Waals surface area contributed by atoms with Gasteiger partial charge in [-0.2, -0.15) is 24.3 Å². The second kappa shape index (κ2) is 18.8. The van der Waals surface area contributed by atoms with E-state index >= 15 is 0 Å². The molecule has 0 spiro atoms. The Morgan fingerprint density at radius 3 is 1.19 bits per heavy atom. The van der Waals surface area contributed by atoms with Crippen molar-refractivity contribution in [3.05, 3.63) is 97.3 Å². The zero-order valence-electron chi connectivity index (χ0n) is 20.3. The van der Waals surface area contributed by atoms with Crippen LogP contribution in [0.5, 0.6) is 0 Å². The van der Waals surface area contributed by atoms with Gasteiger partial charge in [0.1, 0.15) is 0 Å². The van der Waals surface area contributed by atoms with Crippen molar-refractivity contribution >= 4 is 42.8 Å². The summed E-state index contributed by atoms with van der Waals surface area (Å²) in [4.78, 5) is 0. The zero-order chi connectivity index (χ0) is 27.8. The summed E-state index contributed by atoms with van der Waals surface area (Å²) in [6.07, 6.45) is 0. The Balaban J connectivity index is 0.000000478. The molecule has 0 aromatic heterocycles. The summed E-state index contributed by atoms with van der Waals surface area (Å²) in [6.45, 7) is 2.78. The molecule has 9 heteroatoms. The van der Waals surface area contributed by atoms with E-state index in [2.05, 4.69) is 105 Å². The van der Waals surface area contributed by atoms with E-state index in [4.69, 9.17) is 17.0 Å². The van der Waals surface area contributed by atoms with Gasteiger partial charge in [0.25, 0.3) is 0 Å². The number of hydrogen-bond acceptors (Lipinski definition) is 0. The van der Waals surface area contributed by atoms with Crippen LogP contribution in [0.4, 0.5) is 26.3 Å². The number of halogens is 8. The van der Waals surface area contributed by atoms with Gasteiger partial charge in [0.15, 0.2) is 13.4 Å². The molecule has 0 amide bonds. The summed E-state index contributed by atoms with van der Waals surface area (Å²) < 4.78 is 60.9. The average molecular weight is 629 g/mol. The fraction of sp³-hybridized carbons (Fsp3) is 0.222. The van der Waals surface area contributed by atoms with Crippen LogP contribution in [0.25, 0.3) is 21.5 Å². The Kier molecular flexibility index (Phi) is 18.0. The van der Waals surface area contributed by atoms with Crippen LogP contribution in [0.3, 0.4) is 0 Å². The SMILES string of the molecule is CC(C)c1cccc2[cH-]ccc12.CC(C)c1cccc2[cH-]ccc12.F[C-](F)F.F[C-](F)F.[CH2]=[Zr]([Cl])[Cl]. The Hall–Kier alpha value is -1.43. The molecule has 0 heterocycles. The van der Waals surface area contributed by atoms with Crippen LogP contribution in [0.15, 0.2) is 72.8 Å². The average Bonchev–Trinajstić information content (AvgIpc) is 3.41. The minimum absolute atomic E-state index is 0.621. The standard InChI is InChI=1S/2C12H13.2CF3.CH2.2ClH.Zr/c2*1-9(2)11-7-3-5-10-6-4-8-12(10)11;2*2-1(3)4;;;;/h2*3-9H,1-2H3;;;1H2;2*1H;/q4*-1;;;;+2/p-2. The second-order valence-corrected chi connectivity index (χ2v) is 16.0. The molecule has 0 saturated carbocycles. The number of hydrogen-bond donors (Lipinski definition) is 0. The Morgan fingerprint density at radius 1 is 0.667 bits per heavy atom. The van der Waals surface area contributed by atoms with Gasteiger partial charge in [0, 0.05) is 0 Å². The molecule has 0 nitrogen and oxygen atoms in total. The first-order valence-electron chi connectivity index (χ1n) is 10.7. The van der Waals surface area contributed by atoms with Crippen LogP contribution in [0.1, 0.15) is 50.7 Å². The van der Waals surface area contributed by atoms with Gasteiger partial charge in [-0.25, -0.2) is 0 Å². The van der Waals surface area contributed by atoms with Crippen molar-refractivity contribution in [1.82, 2.24) is 0 Å². The molecule has 0 N–H and O–H groups in total. The van der Waals surface area contributed by atoms with Crippen LogP contribution in [-0.2, 0) is 18.9 Å². The molecule has 4 rings (SSSR count). The summed E-state index contributed by atoms with van der Waals surface area (Å²) in [5.74, 6) is 1.24. The van der Waals surface area contributed by atoms with Gasteiger partial charge >= 0.3 is 40.1 Å². The van der Waals surface area contributed by atoms with E-state index in [0.29, 0.717) is 11.8 Å². The molecule has 0 fully saturated rings. The minimum atomic E-state index is -3.08. The first-order chi connectivity index (χ1) is 16.8. The zero-order valence-corrected chi connectivity index (χ0v) is 24.3. The molecule has 0 radical (unpaired) electrons. The van der Waals surface area contributed by atoms with E-state index in [0.717, 1.165) is 0 Å². The van der Waals surface area contributed by atoms with Crippen LogP contribution >= 0.6 is 17.0 Å². The normalized spacial score (nSPS) is 10.2. The summed E-state index contributed by atoms with van der Waals surface area (Å²) in [7, 11) is 10.3. The summed E-state index contributed by atoms with van der Waals surface area (Å²) in [6, 6.07) is 26.0. The maximum atomic E-state index is 9.58. The second-order valence-electron chi connectivity index (χ2n) is 7.83. The van der Waals surface area contributed by atoms with Crippen LogP contribution in [0, 0.1) is 13.4 Å². The van der Waals surface area contributed by atoms with E-state index in [-0.39, 0.29) is 0 Å². The Morgan fingerprint density at radius 2 is 0.944 bits per heavy atom. The number of rotatable bonds is 2. The van der Waals surface area contributed by atoms with Crippen LogP contribution in [-0.4, -0.2) is 4.21 Å². The molecule has 0 aliphatic heterocycles. The van der Waals surface area contributed by atoms with E-state index in [1.54, 1.807) is 0 Å². The molecule has 4 aromatic carbocycles. The molecule has 4 aromatic rings. The molecule has 0 unspecified atom stereocenters. The molecule has 36 heavy (non-hydrogen) atoms. The third-order valence-corrected chi connectivity index (χ3v) is 4.67. The van der Waals surface area contributed by atoms with Gasteiger partial charge in [-0.3, -0.25) is 0 Å². The van der Waals surface area contributed by atoms with Crippen LogP contribution < -0.4 is 0 Å². The van der Waals surface area contributed by atoms with Crippen LogP contribution in [0.2, 0.25) is 0 Å². The monoisotopic (exact) mass is 626 g/mol. The molecular weight excluding hydrogens is 600 g/mol. The number of benzene rings is 2. The van der Waals surface area contributed by atoms with Crippen molar-refractivity contribution in [2.24, 2.45) is 0 Å². The van der Waals surface area contributed by atoms with Crippen molar-refractivity contribution in [3.8, 4) is 0 Å².